The van der Waals surface area contributed by atoms with Gasteiger partial charge in [-0.3, -0.25) is 0 Å². The first-order valence-electron chi connectivity index (χ1n) is 8.43. The van der Waals surface area contributed by atoms with Crippen molar-refractivity contribution >= 4 is 8.24 Å². The summed E-state index contributed by atoms with van der Waals surface area (Å²) in [6.07, 6.45) is 5.98. The molecule has 0 aromatic carbocycles. The minimum atomic E-state index is -1.37. The van der Waals surface area contributed by atoms with Crippen LogP contribution in [0.25, 0.3) is 0 Å². The smallest absolute Gasteiger partial charge is 0.123 e. The minimum absolute atomic E-state index is 0.269. The molecule has 0 saturated heterocycles. The van der Waals surface area contributed by atoms with Gasteiger partial charge in [0, 0.05) is 5.54 Å². The Bertz CT molecular complexity index is 318. The molecule has 0 bridgehead atoms. The van der Waals surface area contributed by atoms with Gasteiger partial charge >= 0.3 is 0 Å². The summed E-state index contributed by atoms with van der Waals surface area (Å²) in [5, 5.41) is 0. The van der Waals surface area contributed by atoms with Gasteiger partial charge in [-0.05, 0) is 56.4 Å². The molecule has 2 rings (SSSR count). The highest BCUT2D eigenvalue weighted by atomic mass is 28.3. The molecule has 0 aromatic heterocycles. The van der Waals surface area contributed by atoms with Crippen molar-refractivity contribution in [3.8, 4) is 0 Å². The predicted molar refractivity (Wildman–Crippen MR) is 87.9 cm³/mol. The number of nitrogens with one attached hydrogen (secondary N) is 1. The Morgan fingerprint density at radius 3 is 1.95 bits per heavy atom. The molecule has 0 spiro atoms. The van der Waals surface area contributed by atoms with Gasteiger partial charge < -0.3 is 4.98 Å². The number of fused-ring (bicyclic) bond motifs is 1. The topological polar surface area (TPSA) is 12.0 Å². The number of hydrogen-bond acceptors (Lipinski definition) is 1. The minimum Gasteiger partial charge on any atom is -0.332 e. The molecule has 2 saturated carbocycles. The fraction of sp³-hybridized carbons (Fsp3) is 1.00. The quantitative estimate of drug-likeness (QED) is 0.699. The van der Waals surface area contributed by atoms with Gasteiger partial charge in [-0.1, -0.05) is 46.2 Å². The van der Waals surface area contributed by atoms with Gasteiger partial charge in [0.15, 0.2) is 0 Å². The fourth-order valence-electron chi connectivity index (χ4n) is 5.64. The predicted octanol–water partition coefficient (Wildman–Crippen LogP) is 5.04. The van der Waals surface area contributed by atoms with E-state index in [-0.39, 0.29) is 5.54 Å². The fourth-order valence-corrected chi connectivity index (χ4v) is 10.8. The third-order valence-corrected chi connectivity index (χ3v) is 9.95. The third-order valence-electron chi connectivity index (χ3n) is 5.94. The molecule has 19 heavy (non-hydrogen) atoms. The molecule has 0 heterocycles. The molecule has 112 valence electrons. The number of rotatable bonds is 2. The summed E-state index contributed by atoms with van der Waals surface area (Å²) in [5.74, 6) is 3.92. The molecule has 0 aliphatic heterocycles. The van der Waals surface area contributed by atoms with E-state index in [0.29, 0.717) is 0 Å². The van der Waals surface area contributed by atoms with Crippen LogP contribution in [-0.2, 0) is 0 Å². The molecule has 1 N–H and O–H groups in total. The summed E-state index contributed by atoms with van der Waals surface area (Å²) in [6, 6.07) is 0. The monoisotopic (exact) mass is 281 g/mol. The zero-order valence-electron chi connectivity index (χ0n) is 14.2. The lowest BCUT2D eigenvalue weighted by atomic mass is 9.78. The van der Waals surface area contributed by atoms with Crippen LogP contribution < -0.4 is 4.98 Å². The molecular formula is C17H35NSi. The second-order valence-corrected chi connectivity index (χ2v) is 13.3. The average Bonchev–Trinajstić information content (AvgIpc) is 2.49. The van der Waals surface area contributed by atoms with Crippen LogP contribution in [0.15, 0.2) is 0 Å². The zero-order chi connectivity index (χ0) is 14.4. The van der Waals surface area contributed by atoms with Crippen LogP contribution in [0.2, 0.25) is 18.6 Å². The van der Waals surface area contributed by atoms with Gasteiger partial charge in [-0.15, -0.1) is 0 Å². The molecule has 2 aliphatic rings. The van der Waals surface area contributed by atoms with Crippen molar-refractivity contribution in [2.24, 2.45) is 23.7 Å². The lowest BCUT2D eigenvalue weighted by Gasteiger charge is -2.43. The largest absolute Gasteiger partial charge is 0.332 e. The van der Waals surface area contributed by atoms with Crippen molar-refractivity contribution < 1.29 is 0 Å². The van der Waals surface area contributed by atoms with E-state index in [0.717, 1.165) is 29.2 Å². The van der Waals surface area contributed by atoms with Crippen molar-refractivity contribution in [2.45, 2.75) is 84.5 Å². The van der Waals surface area contributed by atoms with E-state index in [2.05, 4.69) is 52.7 Å². The Morgan fingerprint density at radius 2 is 1.42 bits per heavy atom. The van der Waals surface area contributed by atoms with Crippen LogP contribution in [0, 0.1) is 23.7 Å². The summed E-state index contributed by atoms with van der Waals surface area (Å²) >= 11 is 0. The number of hydrogen-bond donors (Lipinski definition) is 1. The first kappa shape index (κ1) is 15.6. The first-order valence-corrected chi connectivity index (χ1v) is 11.5. The Labute approximate surface area is 122 Å². The van der Waals surface area contributed by atoms with Crippen molar-refractivity contribution in [3.63, 3.8) is 0 Å². The summed E-state index contributed by atoms with van der Waals surface area (Å²) in [5.41, 5.74) is 1.25. The lowest BCUT2D eigenvalue weighted by Crippen LogP contribution is -2.58. The maximum atomic E-state index is 4.06. The molecule has 0 aromatic rings. The van der Waals surface area contributed by atoms with Crippen LogP contribution in [0.3, 0.4) is 0 Å². The summed E-state index contributed by atoms with van der Waals surface area (Å²) in [6.45, 7) is 17.3. The highest BCUT2D eigenvalue weighted by Gasteiger charge is 2.53. The molecule has 2 aliphatic carbocycles. The van der Waals surface area contributed by atoms with Crippen LogP contribution in [0.5, 0.6) is 0 Å². The summed E-state index contributed by atoms with van der Waals surface area (Å²) in [7, 11) is -1.37. The third kappa shape index (κ3) is 3.10. The van der Waals surface area contributed by atoms with Crippen LogP contribution in [0.4, 0.5) is 0 Å². The van der Waals surface area contributed by atoms with E-state index in [1.165, 1.54) is 25.7 Å². The normalized spacial score (nSPS) is 40.3. The molecular weight excluding hydrogens is 246 g/mol. The van der Waals surface area contributed by atoms with E-state index >= 15 is 0 Å². The molecule has 5 atom stereocenters. The van der Waals surface area contributed by atoms with Gasteiger partial charge in [0.25, 0.3) is 0 Å². The Hall–Kier alpha value is 0.177. The van der Waals surface area contributed by atoms with Gasteiger partial charge in [-0.25, -0.2) is 0 Å². The van der Waals surface area contributed by atoms with Crippen molar-refractivity contribution in [3.05, 3.63) is 0 Å². The maximum Gasteiger partial charge on any atom is 0.123 e. The van der Waals surface area contributed by atoms with Crippen LogP contribution in [-0.4, -0.2) is 13.8 Å². The second kappa shape index (κ2) is 5.18. The molecule has 2 heteroatoms. The maximum absolute atomic E-state index is 4.06. The molecule has 1 nitrogen and oxygen atoms in total. The SMILES string of the molecule is CC1C(C)C([Si](C)(C)NC(C)(C)C)C2CCCCC12. The van der Waals surface area contributed by atoms with Gasteiger partial charge in [0.05, 0.1) is 0 Å². The van der Waals surface area contributed by atoms with Gasteiger partial charge in [0.2, 0.25) is 0 Å². The van der Waals surface area contributed by atoms with Crippen molar-refractivity contribution in [2.75, 3.05) is 0 Å². The van der Waals surface area contributed by atoms with Crippen LogP contribution >= 0.6 is 0 Å². The molecule has 0 amide bonds. The van der Waals surface area contributed by atoms with E-state index in [4.69, 9.17) is 0 Å². The van der Waals surface area contributed by atoms with Gasteiger partial charge in [-0.2, -0.15) is 0 Å². The van der Waals surface area contributed by atoms with E-state index in [1.807, 2.05) is 0 Å². The highest BCUT2D eigenvalue weighted by Crippen LogP contribution is 2.58. The van der Waals surface area contributed by atoms with Crippen molar-refractivity contribution in [1.82, 2.24) is 4.98 Å². The summed E-state index contributed by atoms with van der Waals surface area (Å²) in [4.78, 5) is 4.06. The lowest BCUT2D eigenvalue weighted by molar-refractivity contribution is 0.231. The summed E-state index contributed by atoms with van der Waals surface area (Å²) < 4.78 is 0. The highest BCUT2D eigenvalue weighted by molar-refractivity contribution is 6.76. The van der Waals surface area contributed by atoms with Crippen LogP contribution in [0.1, 0.15) is 60.3 Å². The molecule has 2 fully saturated rings. The zero-order valence-corrected chi connectivity index (χ0v) is 15.2. The van der Waals surface area contributed by atoms with E-state index in [9.17, 15) is 0 Å². The molecule has 5 unspecified atom stereocenters. The van der Waals surface area contributed by atoms with E-state index < -0.39 is 8.24 Å². The Morgan fingerprint density at radius 1 is 0.895 bits per heavy atom. The Balaban J connectivity index is 2.22. The average molecular weight is 282 g/mol. The Kier molecular flexibility index (Phi) is 4.24. The first-order chi connectivity index (χ1) is 8.63. The standard InChI is InChI=1S/C17H35NSi/c1-12-13(2)16(15-11-9-8-10-14(12)15)19(6,7)18-17(3,4)5/h12-16,18H,8-11H2,1-7H3. The van der Waals surface area contributed by atoms with Crippen molar-refractivity contribution in [1.29, 1.82) is 0 Å². The van der Waals surface area contributed by atoms with Gasteiger partial charge in [0.1, 0.15) is 8.24 Å². The molecule has 0 radical (unpaired) electrons. The van der Waals surface area contributed by atoms with E-state index in [1.54, 1.807) is 0 Å². The second-order valence-electron chi connectivity index (χ2n) is 8.95.